The van der Waals surface area contributed by atoms with Crippen molar-refractivity contribution in [2.75, 3.05) is 20.8 Å². The van der Waals surface area contributed by atoms with E-state index in [0.717, 1.165) is 29.7 Å². The molecular formula is C22H28N4O3. The zero-order valence-corrected chi connectivity index (χ0v) is 16.9. The van der Waals surface area contributed by atoms with Crippen LogP contribution in [-0.2, 0) is 17.9 Å². The molecule has 0 unspecified atom stereocenters. The lowest BCUT2D eigenvalue weighted by molar-refractivity contribution is -0.123. The number of carbonyl (C=O) groups is 1. The van der Waals surface area contributed by atoms with Crippen LogP contribution in [0.5, 0.6) is 11.5 Å². The van der Waals surface area contributed by atoms with Gasteiger partial charge in [0.1, 0.15) is 11.5 Å². The van der Waals surface area contributed by atoms with Crippen molar-refractivity contribution < 1.29 is 14.3 Å². The van der Waals surface area contributed by atoms with Gasteiger partial charge in [0.15, 0.2) is 12.6 Å². The minimum Gasteiger partial charge on any atom is -0.497 e. The first-order valence-electron chi connectivity index (χ1n) is 9.75. The van der Waals surface area contributed by atoms with Crippen LogP contribution in [0.2, 0.25) is 0 Å². The number of hydrogen-bond acceptors (Lipinski definition) is 4. The average molecular weight is 396 g/mol. The Hall–Kier alpha value is -3.22. The number of nitrogens with one attached hydrogen (secondary N) is 3. The number of nitrogens with zero attached hydrogens (tertiary/aromatic N) is 1. The number of carbonyl (C=O) groups excluding carboxylic acids is 1. The Kier molecular flexibility index (Phi) is 7.33. The van der Waals surface area contributed by atoms with Gasteiger partial charge in [-0.15, -0.1) is 0 Å². The van der Waals surface area contributed by atoms with Gasteiger partial charge in [0, 0.05) is 26.2 Å². The topological polar surface area (TPSA) is 84.0 Å². The van der Waals surface area contributed by atoms with Crippen LogP contribution in [0.1, 0.15) is 24.0 Å². The molecule has 0 heterocycles. The van der Waals surface area contributed by atoms with E-state index in [2.05, 4.69) is 20.9 Å². The molecular weight excluding hydrogens is 368 g/mol. The minimum atomic E-state index is -0.0711. The smallest absolute Gasteiger partial charge is 0.258 e. The summed E-state index contributed by atoms with van der Waals surface area (Å²) >= 11 is 0. The minimum absolute atomic E-state index is 0.0388. The van der Waals surface area contributed by atoms with Gasteiger partial charge in [-0.3, -0.25) is 9.79 Å². The molecule has 2 aromatic carbocycles. The van der Waals surface area contributed by atoms with Crippen LogP contribution in [0.4, 0.5) is 0 Å². The third-order valence-corrected chi connectivity index (χ3v) is 4.49. The molecule has 0 spiro atoms. The van der Waals surface area contributed by atoms with Crippen LogP contribution in [0.25, 0.3) is 0 Å². The molecule has 0 aromatic heterocycles. The number of benzene rings is 2. The maximum Gasteiger partial charge on any atom is 0.258 e. The van der Waals surface area contributed by atoms with Crippen LogP contribution in [-0.4, -0.2) is 38.7 Å². The number of hydrogen-bond donors (Lipinski definition) is 3. The Morgan fingerprint density at radius 1 is 1.03 bits per heavy atom. The monoisotopic (exact) mass is 396 g/mol. The molecule has 1 aliphatic rings. The average Bonchev–Trinajstić information content (AvgIpc) is 3.57. The SMILES string of the molecule is CN=C(NCc1cccc(OC)c1)NCc1cccc(OCC(=O)NC2CC2)c1. The van der Waals surface area contributed by atoms with Crippen molar-refractivity contribution in [3.05, 3.63) is 59.7 Å². The highest BCUT2D eigenvalue weighted by Crippen LogP contribution is 2.18. The van der Waals surface area contributed by atoms with Crippen molar-refractivity contribution in [3.63, 3.8) is 0 Å². The molecule has 2 aromatic rings. The Labute approximate surface area is 171 Å². The van der Waals surface area contributed by atoms with E-state index in [4.69, 9.17) is 9.47 Å². The van der Waals surface area contributed by atoms with E-state index in [0.29, 0.717) is 30.8 Å². The molecule has 7 nitrogen and oxygen atoms in total. The molecule has 0 saturated heterocycles. The van der Waals surface area contributed by atoms with Gasteiger partial charge < -0.3 is 25.4 Å². The molecule has 29 heavy (non-hydrogen) atoms. The summed E-state index contributed by atoms with van der Waals surface area (Å²) in [5, 5.41) is 9.48. The fraction of sp³-hybridized carbons (Fsp3) is 0.364. The molecule has 3 N–H and O–H groups in total. The summed E-state index contributed by atoms with van der Waals surface area (Å²) in [6.45, 7) is 1.26. The molecule has 1 aliphatic carbocycles. The van der Waals surface area contributed by atoms with Crippen molar-refractivity contribution in [2.45, 2.75) is 32.0 Å². The molecule has 1 saturated carbocycles. The molecule has 0 aliphatic heterocycles. The first-order valence-corrected chi connectivity index (χ1v) is 9.75. The highest BCUT2D eigenvalue weighted by Gasteiger charge is 2.23. The van der Waals surface area contributed by atoms with Gasteiger partial charge in [-0.05, 0) is 48.2 Å². The summed E-state index contributed by atoms with van der Waals surface area (Å²) in [7, 11) is 3.39. The standard InChI is InChI=1S/C22H28N4O3/c1-23-22(24-13-16-5-3-7-19(11-16)28-2)25-14-17-6-4-8-20(12-17)29-15-21(27)26-18-9-10-18/h3-8,11-12,18H,9-10,13-15H2,1-2H3,(H,26,27)(H2,23,24,25). The third kappa shape index (κ3) is 7.03. The third-order valence-electron chi connectivity index (χ3n) is 4.49. The summed E-state index contributed by atoms with van der Waals surface area (Å²) in [6.07, 6.45) is 2.14. The van der Waals surface area contributed by atoms with E-state index in [1.807, 2.05) is 48.5 Å². The Morgan fingerprint density at radius 3 is 2.24 bits per heavy atom. The van der Waals surface area contributed by atoms with Crippen LogP contribution < -0.4 is 25.4 Å². The van der Waals surface area contributed by atoms with E-state index < -0.39 is 0 Å². The lowest BCUT2D eigenvalue weighted by atomic mass is 10.2. The summed E-state index contributed by atoms with van der Waals surface area (Å²) < 4.78 is 10.9. The lowest BCUT2D eigenvalue weighted by Gasteiger charge is -2.13. The molecule has 154 valence electrons. The van der Waals surface area contributed by atoms with Gasteiger partial charge in [-0.2, -0.15) is 0 Å². The first-order chi connectivity index (χ1) is 14.2. The number of methoxy groups -OCH3 is 1. The van der Waals surface area contributed by atoms with E-state index >= 15 is 0 Å². The Bertz CT molecular complexity index is 849. The summed E-state index contributed by atoms with van der Waals surface area (Å²) in [6, 6.07) is 15.9. The highest BCUT2D eigenvalue weighted by atomic mass is 16.5. The number of amides is 1. The van der Waals surface area contributed by atoms with Gasteiger partial charge in [-0.25, -0.2) is 0 Å². The Morgan fingerprint density at radius 2 is 1.66 bits per heavy atom. The highest BCUT2D eigenvalue weighted by molar-refractivity contribution is 5.79. The zero-order valence-electron chi connectivity index (χ0n) is 16.9. The van der Waals surface area contributed by atoms with E-state index in [-0.39, 0.29) is 12.5 Å². The maximum atomic E-state index is 11.8. The van der Waals surface area contributed by atoms with Crippen LogP contribution in [0.15, 0.2) is 53.5 Å². The second-order valence-corrected chi connectivity index (χ2v) is 6.91. The van der Waals surface area contributed by atoms with Crippen molar-refractivity contribution in [1.82, 2.24) is 16.0 Å². The van der Waals surface area contributed by atoms with Crippen molar-refractivity contribution >= 4 is 11.9 Å². The number of aliphatic imine (C=N–C) groups is 1. The predicted molar refractivity (Wildman–Crippen MR) is 113 cm³/mol. The van der Waals surface area contributed by atoms with Gasteiger partial charge in [0.05, 0.1) is 7.11 Å². The quantitative estimate of drug-likeness (QED) is 0.447. The lowest BCUT2D eigenvalue weighted by Crippen LogP contribution is -2.36. The summed E-state index contributed by atoms with van der Waals surface area (Å²) in [5.74, 6) is 2.13. The van der Waals surface area contributed by atoms with Crippen molar-refractivity contribution in [2.24, 2.45) is 4.99 Å². The molecule has 7 heteroatoms. The zero-order chi connectivity index (χ0) is 20.5. The van der Waals surface area contributed by atoms with E-state index in [1.165, 1.54) is 0 Å². The number of rotatable bonds is 9. The van der Waals surface area contributed by atoms with Crippen LogP contribution >= 0.6 is 0 Å². The van der Waals surface area contributed by atoms with Crippen molar-refractivity contribution in [1.29, 1.82) is 0 Å². The van der Waals surface area contributed by atoms with Gasteiger partial charge in [-0.1, -0.05) is 24.3 Å². The number of ether oxygens (including phenoxy) is 2. The molecule has 0 radical (unpaired) electrons. The predicted octanol–water partition coefficient (Wildman–Crippen LogP) is 2.22. The largest absolute Gasteiger partial charge is 0.497 e. The molecule has 1 fully saturated rings. The molecule has 1 amide bonds. The molecule has 0 atom stereocenters. The second-order valence-electron chi connectivity index (χ2n) is 6.91. The van der Waals surface area contributed by atoms with Gasteiger partial charge in [0.2, 0.25) is 0 Å². The first kappa shape index (κ1) is 20.5. The summed E-state index contributed by atoms with van der Waals surface area (Å²) in [5.41, 5.74) is 2.14. The van der Waals surface area contributed by atoms with E-state index in [9.17, 15) is 4.79 Å². The Balaban J connectivity index is 1.45. The number of guanidine groups is 1. The van der Waals surface area contributed by atoms with Crippen LogP contribution in [0, 0.1) is 0 Å². The second kappa shape index (κ2) is 10.4. The summed E-state index contributed by atoms with van der Waals surface area (Å²) in [4.78, 5) is 16.0. The van der Waals surface area contributed by atoms with Crippen molar-refractivity contribution in [3.8, 4) is 11.5 Å². The van der Waals surface area contributed by atoms with Crippen LogP contribution in [0.3, 0.4) is 0 Å². The normalized spacial score (nSPS) is 13.5. The van der Waals surface area contributed by atoms with Gasteiger partial charge >= 0.3 is 0 Å². The fourth-order valence-electron chi connectivity index (χ4n) is 2.77. The molecule has 3 rings (SSSR count). The maximum absolute atomic E-state index is 11.8. The van der Waals surface area contributed by atoms with Gasteiger partial charge in [0.25, 0.3) is 5.91 Å². The molecule has 0 bridgehead atoms. The fourth-order valence-corrected chi connectivity index (χ4v) is 2.77. The van der Waals surface area contributed by atoms with E-state index in [1.54, 1.807) is 14.2 Å².